The largest absolute Gasteiger partial charge is 0.493 e. The average Bonchev–Trinajstić information content (AvgIpc) is 3.28. The minimum absolute atomic E-state index is 0. The number of nitrogens with zero attached hydrogens (tertiary/aromatic N) is 3. The number of piperazine rings is 1. The highest BCUT2D eigenvalue weighted by Crippen LogP contribution is 2.15. The zero-order valence-electron chi connectivity index (χ0n) is 17.8. The predicted molar refractivity (Wildman–Crippen MR) is 129 cm³/mol. The van der Waals surface area contributed by atoms with Crippen molar-refractivity contribution >= 4 is 35.8 Å². The molecule has 0 radical (unpaired) electrons. The number of rotatable bonds is 6. The van der Waals surface area contributed by atoms with E-state index in [0.717, 1.165) is 30.4 Å². The van der Waals surface area contributed by atoms with E-state index < -0.39 is 0 Å². The third kappa shape index (κ3) is 6.65. The number of carbonyl (C=O) groups is 1. The quantitative estimate of drug-likeness (QED) is 0.355. The molecule has 0 aliphatic carbocycles. The van der Waals surface area contributed by atoms with Gasteiger partial charge in [0.25, 0.3) is 5.91 Å². The van der Waals surface area contributed by atoms with Gasteiger partial charge in [-0.25, -0.2) is 0 Å². The standard InChI is InChI=1S/C22H30N4O3.HI/c1-17(2)16-29-19-7-4-6-18(14-19)15-24-22(23-3)26-11-9-25(10-12-26)21(27)20-8-5-13-28-20;/h4-8,13-14,17H,9-12,15-16H2,1-3H3,(H,23,24);1H. The van der Waals surface area contributed by atoms with E-state index in [1.807, 2.05) is 17.0 Å². The Morgan fingerprint density at radius 3 is 2.53 bits per heavy atom. The average molecular weight is 526 g/mol. The Balaban J connectivity index is 0.00000320. The Bertz CT molecular complexity index is 816. The van der Waals surface area contributed by atoms with E-state index >= 15 is 0 Å². The minimum atomic E-state index is -0.0594. The van der Waals surface area contributed by atoms with Gasteiger partial charge in [0, 0.05) is 39.8 Å². The van der Waals surface area contributed by atoms with Crippen LogP contribution in [-0.4, -0.2) is 61.5 Å². The Kier molecular flexibility index (Phi) is 9.48. The van der Waals surface area contributed by atoms with Gasteiger partial charge < -0.3 is 24.3 Å². The summed E-state index contributed by atoms with van der Waals surface area (Å²) < 4.78 is 11.0. The molecular weight excluding hydrogens is 495 g/mol. The van der Waals surface area contributed by atoms with Crippen LogP contribution in [0.1, 0.15) is 30.0 Å². The van der Waals surface area contributed by atoms with Gasteiger partial charge in [-0.1, -0.05) is 26.0 Å². The summed E-state index contributed by atoms with van der Waals surface area (Å²) in [5.41, 5.74) is 1.14. The van der Waals surface area contributed by atoms with Gasteiger partial charge in [-0.15, -0.1) is 24.0 Å². The normalized spacial score (nSPS) is 14.5. The van der Waals surface area contributed by atoms with Crippen LogP contribution >= 0.6 is 24.0 Å². The highest BCUT2D eigenvalue weighted by Gasteiger charge is 2.25. The maximum absolute atomic E-state index is 12.4. The third-order valence-electron chi connectivity index (χ3n) is 4.74. The van der Waals surface area contributed by atoms with E-state index in [2.05, 4.69) is 41.2 Å². The molecule has 164 valence electrons. The summed E-state index contributed by atoms with van der Waals surface area (Å²) in [5.74, 6) is 2.55. The molecule has 7 nitrogen and oxygen atoms in total. The molecule has 2 heterocycles. The fourth-order valence-corrected chi connectivity index (χ4v) is 3.20. The summed E-state index contributed by atoms with van der Waals surface area (Å²) in [7, 11) is 1.78. The molecule has 0 atom stereocenters. The van der Waals surface area contributed by atoms with Crippen molar-refractivity contribution in [2.75, 3.05) is 39.8 Å². The lowest BCUT2D eigenvalue weighted by Gasteiger charge is -2.36. The van der Waals surface area contributed by atoms with Crippen LogP contribution in [0.25, 0.3) is 0 Å². The van der Waals surface area contributed by atoms with Crippen molar-refractivity contribution in [3.05, 3.63) is 54.0 Å². The molecule has 1 aromatic carbocycles. The number of hydrogen-bond donors (Lipinski definition) is 1. The molecule has 0 saturated carbocycles. The van der Waals surface area contributed by atoms with Crippen molar-refractivity contribution in [1.82, 2.24) is 15.1 Å². The van der Waals surface area contributed by atoms with Crippen LogP contribution in [0.2, 0.25) is 0 Å². The van der Waals surface area contributed by atoms with E-state index in [9.17, 15) is 4.79 Å². The van der Waals surface area contributed by atoms with Crippen molar-refractivity contribution in [2.24, 2.45) is 10.9 Å². The van der Waals surface area contributed by atoms with Crippen LogP contribution in [0.5, 0.6) is 5.75 Å². The summed E-state index contributed by atoms with van der Waals surface area (Å²) in [6.07, 6.45) is 1.53. The summed E-state index contributed by atoms with van der Waals surface area (Å²) in [4.78, 5) is 20.8. The summed E-state index contributed by atoms with van der Waals surface area (Å²) in [6, 6.07) is 11.6. The van der Waals surface area contributed by atoms with E-state index in [1.165, 1.54) is 6.26 Å². The molecule has 1 N–H and O–H groups in total. The molecule has 3 rings (SSSR count). The van der Waals surface area contributed by atoms with Gasteiger partial charge in [-0.05, 0) is 35.7 Å². The van der Waals surface area contributed by atoms with Crippen LogP contribution < -0.4 is 10.1 Å². The Morgan fingerprint density at radius 2 is 1.90 bits per heavy atom. The summed E-state index contributed by atoms with van der Waals surface area (Å²) >= 11 is 0. The number of guanidine groups is 1. The number of benzene rings is 1. The molecule has 0 spiro atoms. The smallest absolute Gasteiger partial charge is 0.289 e. The summed E-state index contributed by atoms with van der Waals surface area (Å²) in [6.45, 7) is 8.37. The van der Waals surface area contributed by atoms with E-state index in [1.54, 1.807) is 19.2 Å². The van der Waals surface area contributed by atoms with E-state index in [0.29, 0.717) is 37.9 Å². The minimum Gasteiger partial charge on any atom is -0.493 e. The Morgan fingerprint density at radius 1 is 1.17 bits per heavy atom. The number of amides is 1. The molecule has 1 aromatic heterocycles. The number of aliphatic imine (C=N–C) groups is 1. The van der Waals surface area contributed by atoms with Gasteiger partial charge in [0.1, 0.15) is 5.75 Å². The highest BCUT2D eigenvalue weighted by molar-refractivity contribution is 14.0. The predicted octanol–water partition coefficient (Wildman–Crippen LogP) is 3.47. The third-order valence-corrected chi connectivity index (χ3v) is 4.74. The fraction of sp³-hybridized carbons (Fsp3) is 0.455. The Hall–Kier alpha value is -2.23. The van der Waals surface area contributed by atoms with Gasteiger partial charge in [0.05, 0.1) is 12.9 Å². The second-order valence-corrected chi connectivity index (χ2v) is 7.51. The van der Waals surface area contributed by atoms with Gasteiger partial charge >= 0.3 is 0 Å². The lowest BCUT2D eigenvalue weighted by molar-refractivity contribution is 0.0657. The Labute approximate surface area is 195 Å². The van der Waals surface area contributed by atoms with Crippen LogP contribution in [-0.2, 0) is 6.54 Å². The van der Waals surface area contributed by atoms with Crippen LogP contribution in [0, 0.1) is 5.92 Å². The molecule has 1 saturated heterocycles. The molecule has 1 fully saturated rings. The van der Waals surface area contributed by atoms with Crippen molar-refractivity contribution in [2.45, 2.75) is 20.4 Å². The molecule has 1 aliphatic heterocycles. The zero-order chi connectivity index (χ0) is 20.6. The fourth-order valence-electron chi connectivity index (χ4n) is 3.20. The van der Waals surface area contributed by atoms with Gasteiger partial charge in [0.15, 0.2) is 11.7 Å². The molecule has 8 heteroatoms. The number of furan rings is 1. The topological polar surface area (TPSA) is 70.3 Å². The van der Waals surface area contributed by atoms with Crippen LogP contribution in [0.15, 0.2) is 52.1 Å². The van der Waals surface area contributed by atoms with Crippen molar-refractivity contribution < 1.29 is 13.9 Å². The maximum Gasteiger partial charge on any atom is 0.289 e. The number of hydrogen-bond acceptors (Lipinski definition) is 4. The number of ether oxygens (including phenoxy) is 1. The molecular formula is C22H31IN4O3. The molecule has 1 aliphatic rings. The first-order valence-electron chi connectivity index (χ1n) is 10.1. The molecule has 0 unspecified atom stereocenters. The second-order valence-electron chi connectivity index (χ2n) is 7.51. The lowest BCUT2D eigenvalue weighted by Crippen LogP contribution is -2.53. The van der Waals surface area contributed by atoms with Gasteiger partial charge in [-0.2, -0.15) is 0 Å². The van der Waals surface area contributed by atoms with Crippen LogP contribution in [0.3, 0.4) is 0 Å². The SMILES string of the molecule is CN=C(NCc1cccc(OCC(C)C)c1)N1CCN(C(=O)c2ccco2)CC1.I. The lowest BCUT2D eigenvalue weighted by atomic mass is 10.2. The highest BCUT2D eigenvalue weighted by atomic mass is 127. The monoisotopic (exact) mass is 526 g/mol. The molecule has 30 heavy (non-hydrogen) atoms. The second kappa shape index (κ2) is 11.8. The first-order chi connectivity index (χ1) is 14.1. The molecule has 1 amide bonds. The molecule has 0 bridgehead atoms. The number of carbonyl (C=O) groups excluding carboxylic acids is 1. The maximum atomic E-state index is 12.4. The summed E-state index contributed by atoms with van der Waals surface area (Å²) in [5, 5.41) is 3.42. The number of nitrogens with one attached hydrogen (secondary N) is 1. The number of halogens is 1. The van der Waals surface area contributed by atoms with Crippen molar-refractivity contribution in [1.29, 1.82) is 0 Å². The zero-order valence-corrected chi connectivity index (χ0v) is 20.2. The van der Waals surface area contributed by atoms with Crippen molar-refractivity contribution in [3.8, 4) is 5.75 Å². The van der Waals surface area contributed by atoms with Gasteiger partial charge in [0.2, 0.25) is 0 Å². The first kappa shape index (κ1) is 24.0. The van der Waals surface area contributed by atoms with Gasteiger partial charge in [-0.3, -0.25) is 9.79 Å². The van der Waals surface area contributed by atoms with Crippen molar-refractivity contribution in [3.63, 3.8) is 0 Å². The van der Waals surface area contributed by atoms with E-state index in [-0.39, 0.29) is 29.9 Å². The molecule has 2 aromatic rings. The van der Waals surface area contributed by atoms with E-state index in [4.69, 9.17) is 9.15 Å². The van der Waals surface area contributed by atoms with Crippen LogP contribution in [0.4, 0.5) is 0 Å². The first-order valence-corrected chi connectivity index (χ1v) is 10.1.